The number of nitrogens with one attached hydrogen (secondary N) is 1. The van der Waals surface area contributed by atoms with E-state index >= 15 is 0 Å². The van der Waals surface area contributed by atoms with Crippen molar-refractivity contribution < 1.29 is 9.47 Å². The first-order valence-corrected chi connectivity index (χ1v) is 6.71. The summed E-state index contributed by atoms with van der Waals surface area (Å²) in [6, 6.07) is 0.300. The molecule has 0 radical (unpaired) electrons. The van der Waals surface area contributed by atoms with Gasteiger partial charge in [-0.1, -0.05) is 6.92 Å². The van der Waals surface area contributed by atoms with Crippen LogP contribution in [0, 0.1) is 0 Å². The molecular formula is C14H27NO2. The lowest BCUT2D eigenvalue weighted by molar-refractivity contribution is -0.0113. The van der Waals surface area contributed by atoms with Gasteiger partial charge in [-0.2, -0.15) is 0 Å². The van der Waals surface area contributed by atoms with Gasteiger partial charge in [-0.15, -0.1) is 0 Å². The van der Waals surface area contributed by atoms with E-state index in [0.717, 1.165) is 39.0 Å². The van der Waals surface area contributed by atoms with Crippen molar-refractivity contribution in [1.82, 2.24) is 5.32 Å². The second-order valence-corrected chi connectivity index (χ2v) is 5.60. The van der Waals surface area contributed by atoms with Crippen LogP contribution >= 0.6 is 0 Å². The molecule has 1 rings (SSSR count). The maximum absolute atomic E-state index is 5.88. The fourth-order valence-electron chi connectivity index (χ4n) is 1.79. The zero-order chi connectivity index (χ0) is 12.7. The Morgan fingerprint density at radius 1 is 1.47 bits per heavy atom. The third-order valence-corrected chi connectivity index (χ3v) is 2.73. The highest BCUT2D eigenvalue weighted by molar-refractivity contribution is 5.10. The Morgan fingerprint density at radius 3 is 2.76 bits per heavy atom. The number of ether oxygens (including phenoxy) is 2. The molecule has 0 aliphatic carbocycles. The molecule has 1 heterocycles. The Morgan fingerprint density at radius 2 is 2.24 bits per heavy atom. The average molecular weight is 241 g/mol. The SMILES string of the molecule is CCCNC(COC(C)(C)C)C1=COCCC1. The maximum atomic E-state index is 5.88. The maximum Gasteiger partial charge on any atom is 0.0876 e. The zero-order valence-electron chi connectivity index (χ0n) is 11.7. The molecule has 0 spiro atoms. The van der Waals surface area contributed by atoms with Crippen LogP contribution in [0.25, 0.3) is 0 Å². The van der Waals surface area contributed by atoms with Gasteiger partial charge in [0.2, 0.25) is 0 Å². The molecule has 1 N–H and O–H groups in total. The van der Waals surface area contributed by atoms with E-state index in [1.54, 1.807) is 0 Å². The van der Waals surface area contributed by atoms with Crippen LogP contribution in [0.4, 0.5) is 0 Å². The number of rotatable bonds is 6. The Hall–Kier alpha value is -0.540. The lowest BCUT2D eigenvalue weighted by Crippen LogP contribution is -2.39. The van der Waals surface area contributed by atoms with E-state index < -0.39 is 0 Å². The molecule has 0 fully saturated rings. The minimum Gasteiger partial charge on any atom is -0.501 e. The van der Waals surface area contributed by atoms with Crippen molar-refractivity contribution in [3.63, 3.8) is 0 Å². The highest BCUT2D eigenvalue weighted by Gasteiger charge is 2.20. The van der Waals surface area contributed by atoms with Gasteiger partial charge in [-0.05, 0) is 52.2 Å². The van der Waals surface area contributed by atoms with Crippen molar-refractivity contribution in [2.45, 2.75) is 58.6 Å². The number of hydrogen-bond donors (Lipinski definition) is 1. The molecule has 3 heteroatoms. The standard InChI is InChI=1S/C14H27NO2/c1-5-8-15-13(11-17-14(2,3)4)12-7-6-9-16-10-12/h10,13,15H,5-9,11H2,1-4H3. The first kappa shape index (κ1) is 14.5. The quantitative estimate of drug-likeness (QED) is 0.775. The summed E-state index contributed by atoms with van der Waals surface area (Å²) in [5.74, 6) is 0. The molecule has 1 atom stereocenters. The van der Waals surface area contributed by atoms with Gasteiger partial charge in [0, 0.05) is 0 Å². The number of hydrogen-bond acceptors (Lipinski definition) is 3. The van der Waals surface area contributed by atoms with E-state index in [0.29, 0.717) is 6.04 Å². The van der Waals surface area contributed by atoms with Crippen molar-refractivity contribution in [3.05, 3.63) is 11.8 Å². The summed E-state index contributed by atoms with van der Waals surface area (Å²) in [6.07, 6.45) is 5.30. The van der Waals surface area contributed by atoms with Gasteiger partial charge in [-0.25, -0.2) is 0 Å². The summed E-state index contributed by atoms with van der Waals surface area (Å²) in [5.41, 5.74) is 1.26. The molecule has 1 aliphatic heterocycles. The molecule has 17 heavy (non-hydrogen) atoms. The van der Waals surface area contributed by atoms with Crippen LogP contribution in [-0.4, -0.2) is 31.4 Å². The average Bonchev–Trinajstić information content (AvgIpc) is 2.29. The third-order valence-electron chi connectivity index (χ3n) is 2.73. The molecule has 0 aromatic carbocycles. The molecule has 0 aromatic heterocycles. The highest BCUT2D eigenvalue weighted by atomic mass is 16.5. The van der Waals surface area contributed by atoms with E-state index in [2.05, 4.69) is 33.0 Å². The van der Waals surface area contributed by atoms with Crippen molar-refractivity contribution in [2.75, 3.05) is 19.8 Å². The normalized spacial score (nSPS) is 18.5. The van der Waals surface area contributed by atoms with Gasteiger partial charge >= 0.3 is 0 Å². The molecule has 0 bridgehead atoms. The molecule has 1 unspecified atom stereocenters. The summed E-state index contributed by atoms with van der Waals surface area (Å²) in [5, 5.41) is 3.54. The third kappa shape index (κ3) is 6.08. The monoisotopic (exact) mass is 241 g/mol. The minimum absolute atomic E-state index is 0.0811. The van der Waals surface area contributed by atoms with Crippen LogP contribution in [0.5, 0.6) is 0 Å². The lowest BCUT2D eigenvalue weighted by Gasteiger charge is -2.28. The topological polar surface area (TPSA) is 30.5 Å². The lowest BCUT2D eigenvalue weighted by atomic mass is 10.0. The Bertz CT molecular complexity index is 243. The van der Waals surface area contributed by atoms with Gasteiger partial charge < -0.3 is 14.8 Å². The van der Waals surface area contributed by atoms with E-state index in [4.69, 9.17) is 9.47 Å². The molecule has 0 saturated heterocycles. The Balaban J connectivity index is 2.50. The van der Waals surface area contributed by atoms with Gasteiger partial charge in [0.15, 0.2) is 0 Å². The van der Waals surface area contributed by atoms with Crippen LogP contribution in [0.1, 0.15) is 47.0 Å². The largest absolute Gasteiger partial charge is 0.501 e. The second-order valence-electron chi connectivity index (χ2n) is 5.60. The van der Waals surface area contributed by atoms with Crippen LogP contribution in [0.2, 0.25) is 0 Å². The molecular weight excluding hydrogens is 214 g/mol. The summed E-state index contributed by atoms with van der Waals surface area (Å²) in [7, 11) is 0. The van der Waals surface area contributed by atoms with Crippen molar-refractivity contribution in [1.29, 1.82) is 0 Å². The van der Waals surface area contributed by atoms with Crippen LogP contribution in [-0.2, 0) is 9.47 Å². The van der Waals surface area contributed by atoms with E-state index in [1.165, 1.54) is 5.57 Å². The molecule has 100 valence electrons. The Labute approximate surface area is 106 Å². The fraction of sp³-hybridized carbons (Fsp3) is 0.857. The molecule has 0 amide bonds. The van der Waals surface area contributed by atoms with Crippen molar-refractivity contribution >= 4 is 0 Å². The Kier molecular flexibility index (Phi) is 6.00. The minimum atomic E-state index is -0.0811. The molecule has 0 aromatic rings. The van der Waals surface area contributed by atoms with Gasteiger partial charge in [0.05, 0.1) is 31.1 Å². The second kappa shape index (κ2) is 7.02. The van der Waals surface area contributed by atoms with E-state index in [-0.39, 0.29) is 5.60 Å². The van der Waals surface area contributed by atoms with E-state index in [9.17, 15) is 0 Å². The smallest absolute Gasteiger partial charge is 0.0876 e. The predicted molar refractivity (Wildman–Crippen MR) is 71.1 cm³/mol. The molecule has 3 nitrogen and oxygen atoms in total. The van der Waals surface area contributed by atoms with Gasteiger partial charge in [0.1, 0.15) is 0 Å². The van der Waals surface area contributed by atoms with Crippen molar-refractivity contribution in [3.8, 4) is 0 Å². The summed E-state index contributed by atoms with van der Waals surface area (Å²) in [4.78, 5) is 0. The van der Waals surface area contributed by atoms with E-state index in [1.807, 2.05) is 6.26 Å². The predicted octanol–water partition coefficient (Wildman–Crippen LogP) is 2.86. The van der Waals surface area contributed by atoms with Crippen molar-refractivity contribution in [2.24, 2.45) is 0 Å². The van der Waals surface area contributed by atoms with Crippen LogP contribution in [0.3, 0.4) is 0 Å². The molecule has 1 aliphatic rings. The first-order chi connectivity index (χ1) is 8.03. The summed E-state index contributed by atoms with van der Waals surface area (Å²) in [6.45, 7) is 11.1. The van der Waals surface area contributed by atoms with Crippen LogP contribution in [0.15, 0.2) is 11.8 Å². The fourth-order valence-corrected chi connectivity index (χ4v) is 1.79. The van der Waals surface area contributed by atoms with Gasteiger partial charge in [0.25, 0.3) is 0 Å². The highest BCUT2D eigenvalue weighted by Crippen LogP contribution is 2.18. The molecule has 0 saturated carbocycles. The van der Waals surface area contributed by atoms with Crippen LogP contribution < -0.4 is 5.32 Å². The first-order valence-electron chi connectivity index (χ1n) is 6.71. The summed E-state index contributed by atoms with van der Waals surface area (Å²) >= 11 is 0. The van der Waals surface area contributed by atoms with Gasteiger partial charge in [-0.3, -0.25) is 0 Å². The summed E-state index contributed by atoms with van der Waals surface area (Å²) < 4.78 is 11.3. The zero-order valence-corrected chi connectivity index (χ0v) is 11.7.